The molecule has 0 spiro atoms. The SMILES string of the molecule is O=C(Cc1ccnc(C(=O)NC2(C(F)(F)F)CC2)c1)Cc1cc(O)c(C2(CO)CC2)cc1F. The Balaban J connectivity index is 1.42. The van der Waals surface area contributed by atoms with Crippen molar-refractivity contribution in [3.8, 4) is 5.75 Å². The van der Waals surface area contributed by atoms with Crippen molar-refractivity contribution in [2.24, 2.45) is 0 Å². The third-order valence-electron chi connectivity index (χ3n) is 6.38. The summed E-state index contributed by atoms with van der Waals surface area (Å²) < 4.78 is 53.7. The van der Waals surface area contributed by atoms with E-state index in [1.54, 1.807) is 0 Å². The molecule has 0 aliphatic heterocycles. The molecule has 0 bridgehead atoms. The van der Waals surface area contributed by atoms with Crippen LogP contribution in [0.15, 0.2) is 30.5 Å². The number of pyridine rings is 1. The summed E-state index contributed by atoms with van der Waals surface area (Å²) >= 11 is 0. The third kappa shape index (κ3) is 4.57. The number of ketones is 1. The zero-order valence-electron chi connectivity index (χ0n) is 17.5. The molecule has 0 saturated heterocycles. The summed E-state index contributed by atoms with van der Waals surface area (Å²) in [5, 5.41) is 21.7. The molecule has 1 aromatic heterocycles. The van der Waals surface area contributed by atoms with E-state index in [0.29, 0.717) is 24.0 Å². The number of benzene rings is 1. The normalized spacial score (nSPS) is 18.0. The fourth-order valence-electron chi connectivity index (χ4n) is 3.93. The molecule has 0 unspecified atom stereocenters. The second-order valence-corrected chi connectivity index (χ2v) is 8.87. The van der Waals surface area contributed by atoms with Gasteiger partial charge < -0.3 is 15.5 Å². The highest BCUT2D eigenvalue weighted by atomic mass is 19.4. The van der Waals surface area contributed by atoms with Gasteiger partial charge in [-0.25, -0.2) is 4.39 Å². The van der Waals surface area contributed by atoms with E-state index < -0.39 is 34.6 Å². The van der Waals surface area contributed by atoms with Crippen molar-refractivity contribution < 1.29 is 37.4 Å². The number of carbonyl (C=O) groups excluding carboxylic acids is 2. The predicted molar refractivity (Wildman–Crippen MR) is 108 cm³/mol. The molecule has 2 aromatic rings. The van der Waals surface area contributed by atoms with Crippen LogP contribution in [0.25, 0.3) is 0 Å². The quantitative estimate of drug-likeness (QED) is 0.520. The van der Waals surface area contributed by atoms with Gasteiger partial charge in [0.25, 0.3) is 5.91 Å². The zero-order chi connectivity index (χ0) is 24.0. The summed E-state index contributed by atoms with van der Waals surface area (Å²) in [5.74, 6) is -2.26. The van der Waals surface area contributed by atoms with Crippen LogP contribution in [0, 0.1) is 5.82 Å². The highest BCUT2D eigenvalue weighted by molar-refractivity contribution is 5.93. The highest BCUT2D eigenvalue weighted by Gasteiger charge is 2.64. The maximum atomic E-state index is 14.6. The van der Waals surface area contributed by atoms with Crippen LogP contribution in [0.2, 0.25) is 0 Å². The first-order chi connectivity index (χ1) is 15.5. The first-order valence-electron chi connectivity index (χ1n) is 10.5. The first kappa shape index (κ1) is 23.2. The van der Waals surface area contributed by atoms with Gasteiger partial charge in [-0.2, -0.15) is 13.2 Å². The number of Topliss-reactive ketones (excluding diaryl/α,β-unsaturated/α-hetero) is 1. The molecular formula is C23H22F4N2O4. The molecule has 2 aliphatic carbocycles. The largest absolute Gasteiger partial charge is 0.508 e. The van der Waals surface area contributed by atoms with E-state index in [4.69, 9.17) is 0 Å². The van der Waals surface area contributed by atoms with Crippen LogP contribution in [-0.2, 0) is 23.1 Å². The van der Waals surface area contributed by atoms with Crippen LogP contribution < -0.4 is 5.32 Å². The lowest BCUT2D eigenvalue weighted by molar-refractivity contribution is -0.163. The Bertz CT molecular complexity index is 1110. The Labute approximate surface area is 186 Å². The molecule has 33 heavy (non-hydrogen) atoms. The van der Waals surface area contributed by atoms with Crippen LogP contribution in [0.1, 0.15) is 52.9 Å². The number of nitrogens with one attached hydrogen (secondary N) is 1. The molecular weight excluding hydrogens is 444 g/mol. The second-order valence-electron chi connectivity index (χ2n) is 8.87. The maximum Gasteiger partial charge on any atom is 0.411 e. The number of phenols is 1. The van der Waals surface area contributed by atoms with E-state index >= 15 is 0 Å². The number of aliphatic hydroxyl groups is 1. The van der Waals surface area contributed by atoms with Gasteiger partial charge >= 0.3 is 6.18 Å². The minimum Gasteiger partial charge on any atom is -0.508 e. The molecule has 1 amide bonds. The third-order valence-corrected chi connectivity index (χ3v) is 6.38. The number of hydrogen-bond donors (Lipinski definition) is 3. The molecule has 2 saturated carbocycles. The number of hydrogen-bond acceptors (Lipinski definition) is 5. The molecule has 176 valence electrons. The molecule has 1 heterocycles. The lowest BCUT2D eigenvalue weighted by Crippen LogP contribution is -2.48. The fraction of sp³-hybridized carbons (Fsp3) is 0.435. The average molecular weight is 466 g/mol. The number of aliphatic hydroxyl groups excluding tert-OH is 1. The van der Waals surface area contributed by atoms with Gasteiger partial charge in [0.15, 0.2) is 0 Å². The van der Waals surface area contributed by atoms with Crippen LogP contribution in [0.5, 0.6) is 5.75 Å². The average Bonchev–Trinajstić information content (AvgIpc) is 3.66. The van der Waals surface area contributed by atoms with E-state index in [2.05, 4.69) is 4.98 Å². The molecule has 2 fully saturated rings. The van der Waals surface area contributed by atoms with Crippen LogP contribution in [-0.4, -0.2) is 45.2 Å². The van der Waals surface area contributed by atoms with Crippen molar-refractivity contribution in [1.82, 2.24) is 10.3 Å². The standard InChI is InChI=1S/C23H22F4N2O4/c24-17-11-16(21(12-30)2-3-21)19(32)10-14(17)9-15(31)7-13-1-6-28-18(8-13)20(33)29-22(4-5-22)23(25,26)27/h1,6,8,10-11,30,32H,2-5,7,9,12H2,(H,29,33). The van der Waals surface area contributed by atoms with E-state index in [1.807, 2.05) is 5.32 Å². The van der Waals surface area contributed by atoms with E-state index in [0.717, 1.165) is 6.07 Å². The van der Waals surface area contributed by atoms with Gasteiger partial charge in [-0.05, 0) is 61.1 Å². The first-order valence-corrected chi connectivity index (χ1v) is 10.5. The number of halogens is 4. The summed E-state index contributed by atoms with van der Waals surface area (Å²) in [6.45, 7) is -0.208. The van der Waals surface area contributed by atoms with Crippen molar-refractivity contribution in [3.05, 3.63) is 58.7 Å². The minimum absolute atomic E-state index is 0.0112. The molecule has 1 aromatic carbocycles. The number of nitrogens with zero attached hydrogens (tertiary/aromatic N) is 1. The zero-order valence-corrected chi connectivity index (χ0v) is 17.5. The minimum atomic E-state index is -4.56. The summed E-state index contributed by atoms with van der Waals surface area (Å²) in [6, 6.07) is 5.00. The highest BCUT2D eigenvalue weighted by Crippen LogP contribution is 2.51. The Morgan fingerprint density at radius 3 is 2.36 bits per heavy atom. The fourth-order valence-corrected chi connectivity index (χ4v) is 3.93. The summed E-state index contributed by atoms with van der Waals surface area (Å²) in [7, 11) is 0. The smallest absolute Gasteiger partial charge is 0.411 e. The molecule has 2 aliphatic rings. The number of alkyl halides is 3. The summed E-state index contributed by atoms with van der Waals surface area (Å²) in [6.07, 6.45) is -2.99. The van der Waals surface area contributed by atoms with E-state index in [-0.39, 0.29) is 49.3 Å². The molecule has 6 nitrogen and oxygen atoms in total. The number of aromatic nitrogens is 1. The lowest BCUT2D eigenvalue weighted by Gasteiger charge is -2.20. The Hall–Kier alpha value is -3.01. The van der Waals surface area contributed by atoms with E-state index in [1.165, 1.54) is 24.4 Å². The van der Waals surface area contributed by atoms with Gasteiger partial charge in [0.05, 0.1) is 6.61 Å². The van der Waals surface area contributed by atoms with Gasteiger partial charge in [-0.3, -0.25) is 14.6 Å². The number of carbonyl (C=O) groups is 2. The lowest BCUT2D eigenvalue weighted by atomic mass is 9.93. The van der Waals surface area contributed by atoms with Crippen molar-refractivity contribution in [2.75, 3.05) is 6.61 Å². The predicted octanol–water partition coefficient (Wildman–Crippen LogP) is 3.13. The number of phenolic OH excluding ortho intramolecular Hbond substituents is 1. The number of aromatic hydroxyl groups is 1. The molecule has 4 rings (SSSR count). The summed E-state index contributed by atoms with van der Waals surface area (Å²) in [5.41, 5.74) is -2.46. The molecule has 3 N–H and O–H groups in total. The van der Waals surface area contributed by atoms with Crippen LogP contribution in [0.3, 0.4) is 0 Å². The Morgan fingerprint density at radius 2 is 1.79 bits per heavy atom. The van der Waals surface area contributed by atoms with Gasteiger partial charge in [0, 0.05) is 30.0 Å². The monoisotopic (exact) mass is 466 g/mol. The van der Waals surface area contributed by atoms with Gasteiger partial charge in [0.2, 0.25) is 0 Å². The van der Waals surface area contributed by atoms with Crippen molar-refractivity contribution in [1.29, 1.82) is 0 Å². The molecule has 0 atom stereocenters. The second kappa shape index (κ2) is 8.09. The number of rotatable bonds is 8. The Kier molecular flexibility index (Phi) is 5.68. The van der Waals surface area contributed by atoms with Crippen molar-refractivity contribution in [2.45, 2.75) is 55.7 Å². The van der Waals surface area contributed by atoms with Crippen LogP contribution >= 0.6 is 0 Å². The maximum absolute atomic E-state index is 14.6. The molecule has 10 heteroatoms. The number of amides is 1. The van der Waals surface area contributed by atoms with Gasteiger partial charge in [-0.1, -0.05) is 0 Å². The van der Waals surface area contributed by atoms with Crippen LogP contribution in [0.4, 0.5) is 17.6 Å². The molecule has 0 radical (unpaired) electrons. The van der Waals surface area contributed by atoms with Crippen molar-refractivity contribution >= 4 is 11.7 Å². The Morgan fingerprint density at radius 1 is 1.09 bits per heavy atom. The summed E-state index contributed by atoms with van der Waals surface area (Å²) in [4.78, 5) is 28.5. The van der Waals surface area contributed by atoms with Gasteiger partial charge in [0.1, 0.15) is 28.6 Å². The van der Waals surface area contributed by atoms with E-state index in [9.17, 15) is 37.4 Å². The van der Waals surface area contributed by atoms with Gasteiger partial charge in [-0.15, -0.1) is 0 Å². The van der Waals surface area contributed by atoms with Crippen molar-refractivity contribution in [3.63, 3.8) is 0 Å². The topological polar surface area (TPSA) is 99.5 Å².